The number of aromatic nitrogens is 1. The molecule has 0 unspecified atom stereocenters. The number of nitrogens with one attached hydrogen (secondary N) is 2. The Morgan fingerprint density at radius 3 is 2.88 bits per heavy atom. The summed E-state index contributed by atoms with van der Waals surface area (Å²) < 4.78 is 0.971. The van der Waals surface area contributed by atoms with Gasteiger partial charge in [0.2, 0.25) is 0 Å². The molecule has 0 saturated heterocycles. The molecule has 2 N–H and O–H groups in total. The molecule has 3 rings (SSSR count). The molecule has 1 aliphatic heterocycles. The van der Waals surface area contributed by atoms with Gasteiger partial charge in [-0.1, -0.05) is 6.92 Å². The molecule has 1 fully saturated rings. The summed E-state index contributed by atoms with van der Waals surface area (Å²) in [5.74, 6) is -0.112. The van der Waals surface area contributed by atoms with Gasteiger partial charge in [-0.25, -0.2) is 5.43 Å². The van der Waals surface area contributed by atoms with Crippen LogP contribution in [-0.2, 0) is 4.79 Å². The highest BCUT2D eigenvalue weighted by molar-refractivity contribution is 9.10. The largest absolute Gasteiger partial charge is 0.361 e. The molecule has 0 atom stereocenters. The van der Waals surface area contributed by atoms with Gasteiger partial charge in [-0.3, -0.25) is 4.79 Å². The Bertz CT molecular complexity index is 552. The van der Waals surface area contributed by atoms with Gasteiger partial charge < -0.3 is 4.98 Å². The molecule has 0 aromatic carbocycles. The van der Waals surface area contributed by atoms with Crippen LogP contribution in [0.2, 0.25) is 0 Å². The number of hydrogen-bond donors (Lipinski definition) is 2. The lowest BCUT2D eigenvalue weighted by molar-refractivity contribution is -0.116. The van der Waals surface area contributed by atoms with Crippen LogP contribution in [0.25, 0.3) is 6.08 Å². The monoisotopic (exact) mass is 293 g/mol. The van der Waals surface area contributed by atoms with Crippen molar-refractivity contribution in [3.8, 4) is 0 Å². The van der Waals surface area contributed by atoms with Gasteiger partial charge >= 0.3 is 0 Å². The maximum atomic E-state index is 11.8. The van der Waals surface area contributed by atoms with Gasteiger partial charge in [-0.15, -0.1) is 0 Å². The second-order valence-electron chi connectivity index (χ2n) is 4.79. The first-order chi connectivity index (χ1) is 8.08. The maximum Gasteiger partial charge on any atom is 0.273 e. The van der Waals surface area contributed by atoms with Crippen molar-refractivity contribution in [1.82, 2.24) is 10.4 Å². The molecule has 1 amide bonds. The van der Waals surface area contributed by atoms with Crippen molar-refractivity contribution in [2.75, 3.05) is 0 Å². The van der Waals surface area contributed by atoms with E-state index in [1.54, 1.807) is 0 Å². The summed E-state index contributed by atoms with van der Waals surface area (Å²) in [6.07, 6.45) is 5.91. The molecule has 0 spiro atoms. The van der Waals surface area contributed by atoms with Gasteiger partial charge in [-0.05, 0) is 40.9 Å². The molecule has 1 aromatic heterocycles. The lowest BCUT2D eigenvalue weighted by Gasteiger charge is -2.07. The van der Waals surface area contributed by atoms with E-state index in [-0.39, 0.29) is 11.3 Å². The smallest absolute Gasteiger partial charge is 0.273 e. The number of amides is 1. The summed E-state index contributed by atoms with van der Waals surface area (Å²) in [6, 6.07) is 1.94. The summed E-state index contributed by atoms with van der Waals surface area (Å²) in [6.45, 7) is 2.14. The fraction of sp³-hybridized carbons (Fsp3) is 0.333. The molecule has 1 aromatic rings. The highest BCUT2D eigenvalue weighted by atomic mass is 79.9. The fourth-order valence-corrected chi connectivity index (χ4v) is 2.34. The first-order valence-electron chi connectivity index (χ1n) is 5.53. The van der Waals surface area contributed by atoms with Crippen LogP contribution in [0.1, 0.15) is 25.5 Å². The SMILES string of the molecule is CC1(C2=NNC(=O)/C2=C/c2cc(Br)c[nH]2)CC1. The summed E-state index contributed by atoms with van der Waals surface area (Å²) in [5.41, 5.74) is 5.12. The molecule has 5 heteroatoms. The lowest BCUT2D eigenvalue weighted by atomic mass is 9.95. The van der Waals surface area contributed by atoms with Crippen molar-refractivity contribution in [3.05, 3.63) is 28.0 Å². The van der Waals surface area contributed by atoms with Gasteiger partial charge in [0, 0.05) is 21.8 Å². The summed E-state index contributed by atoms with van der Waals surface area (Å²) in [4.78, 5) is 14.8. The molecular weight excluding hydrogens is 282 g/mol. The van der Waals surface area contributed by atoms with Crippen molar-refractivity contribution in [1.29, 1.82) is 0 Å². The molecule has 2 aliphatic rings. The topological polar surface area (TPSA) is 57.2 Å². The molecule has 0 bridgehead atoms. The van der Waals surface area contributed by atoms with Crippen LogP contribution in [0.15, 0.2) is 27.4 Å². The standard InChI is InChI=1S/C12H12BrN3O/c1-12(2-3-12)10-9(11(17)16-15-10)5-8-4-7(13)6-14-8/h4-6,14H,2-3H2,1H3,(H,16,17)/b9-5+. The van der Waals surface area contributed by atoms with Crippen LogP contribution in [0.3, 0.4) is 0 Å². The summed E-state index contributed by atoms with van der Waals surface area (Å²) in [5, 5.41) is 4.16. The van der Waals surface area contributed by atoms with Crippen molar-refractivity contribution in [2.45, 2.75) is 19.8 Å². The van der Waals surface area contributed by atoms with E-state index in [1.165, 1.54) is 0 Å². The second kappa shape index (κ2) is 3.57. The van der Waals surface area contributed by atoms with Crippen molar-refractivity contribution in [2.24, 2.45) is 10.5 Å². The van der Waals surface area contributed by atoms with Crippen molar-refractivity contribution in [3.63, 3.8) is 0 Å². The van der Waals surface area contributed by atoms with E-state index in [0.717, 1.165) is 28.7 Å². The Kier molecular flexibility index (Phi) is 2.26. The van der Waals surface area contributed by atoms with Gasteiger partial charge in [0.05, 0.1) is 11.3 Å². The number of halogens is 1. The third-order valence-electron chi connectivity index (χ3n) is 3.31. The first-order valence-corrected chi connectivity index (χ1v) is 6.32. The zero-order valence-electron chi connectivity index (χ0n) is 9.38. The maximum absolute atomic E-state index is 11.8. The normalized spacial score (nSPS) is 23.8. The lowest BCUT2D eigenvalue weighted by Crippen LogP contribution is -2.17. The third-order valence-corrected chi connectivity index (χ3v) is 3.77. The van der Waals surface area contributed by atoms with Gasteiger partial charge in [0.15, 0.2) is 0 Å². The zero-order chi connectivity index (χ0) is 12.0. The van der Waals surface area contributed by atoms with Crippen LogP contribution in [0, 0.1) is 5.41 Å². The predicted octanol–water partition coefficient (Wildman–Crippen LogP) is 2.45. The number of hydrazone groups is 1. The molecular formula is C12H12BrN3O. The van der Waals surface area contributed by atoms with E-state index >= 15 is 0 Å². The number of carbonyl (C=O) groups excluding carboxylic acids is 1. The Hall–Kier alpha value is -1.36. The average molecular weight is 294 g/mol. The molecule has 2 heterocycles. The van der Waals surface area contributed by atoms with E-state index in [1.807, 2.05) is 18.3 Å². The molecule has 1 saturated carbocycles. The van der Waals surface area contributed by atoms with E-state index in [0.29, 0.717) is 5.57 Å². The van der Waals surface area contributed by atoms with Crippen LogP contribution < -0.4 is 5.43 Å². The Balaban J connectivity index is 1.97. The molecule has 88 valence electrons. The van der Waals surface area contributed by atoms with Crippen LogP contribution in [0.5, 0.6) is 0 Å². The number of aromatic amines is 1. The van der Waals surface area contributed by atoms with Gasteiger partial charge in [0.25, 0.3) is 5.91 Å². The molecule has 0 radical (unpaired) electrons. The minimum absolute atomic E-state index is 0.0921. The van der Waals surface area contributed by atoms with E-state index in [4.69, 9.17) is 0 Å². The zero-order valence-corrected chi connectivity index (χ0v) is 11.0. The summed E-state index contributed by atoms with van der Waals surface area (Å²) in [7, 11) is 0. The minimum atomic E-state index is -0.112. The number of H-pyrrole nitrogens is 1. The molecule has 4 nitrogen and oxygen atoms in total. The quantitative estimate of drug-likeness (QED) is 0.809. The van der Waals surface area contributed by atoms with Crippen LogP contribution >= 0.6 is 15.9 Å². The number of nitrogens with zero attached hydrogens (tertiary/aromatic N) is 1. The fourth-order valence-electron chi connectivity index (χ4n) is 1.98. The molecule has 1 aliphatic carbocycles. The number of hydrogen-bond acceptors (Lipinski definition) is 2. The average Bonchev–Trinajstić information content (AvgIpc) is 2.72. The van der Waals surface area contributed by atoms with Crippen LogP contribution in [-0.4, -0.2) is 16.6 Å². The highest BCUT2D eigenvalue weighted by Gasteiger charge is 2.47. The number of carbonyl (C=O) groups is 1. The highest BCUT2D eigenvalue weighted by Crippen LogP contribution is 2.49. The summed E-state index contributed by atoms with van der Waals surface area (Å²) >= 11 is 3.37. The van der Waals surface area contributed by atoms with Crippen molar-refractivity contribution < 1.29 is 4.79 Å². The Morgan fingerprint density at radius 2 is 2.29 bits per heavy atom. The van der Waals surface area contributed by atoms with Gasteiger partial charge in [0.1, 0.15) is 0 Å². The third kappa shape index (κ3) is 1.84. The minimum Gasteiger partial charge on any atom is -0.361 e. The van der Waals surface area contributed by atoms with Crippen molar-refractivity contribution >= 4 is 33.6 Å². The second-order valence-corrected chi connectivity index (χ2v) is 5.71. The number of rotatable bonds is 2. The Labute approximate surface area is 107 Å². The van der Waals surface area contributed by atoms with Gasteiger partial charge in [-0.2, -0.15) is 5.10 Å². The molecule has 17 heavy (non-hydrogen) atoms. The first kappa shape index (κ1) is 10.8. The van der Waals surface area contributed by atoms with E-state index < -0.39 is 0 Å². The van der Waals surface area contributed by atoms with E-state index in [2.05, 4.69) is 38.4 Å². The Morgan fingerprint density at radius 1 is 1.53 bits per heavy atom. The van der Waals surface area contributed by atoms with Crippen LogP contribution in [0.4, 0.5) is 0 Å². The predicted molar refractivity (Wildman–Crippen MR) is 69.4 cm³/mol. The van der Waals surface area contributed by atoms with E-state index in [9.17, 15) is 4.79 Å².